The summed E-state index contributed by atoms with van der Waals surface area (Å²) in [6, 6.07) is 10.1. The van der Waals surface area contributed by atoms with Crippen molar-refractivity contribution in [3.05, 3.63) is 82.7 Å². The molecular formula is C26H20Cl2N4O7S2. The Labute approximate surface area is 250 Å². The number of fused-ring (bicyclic) bond motifs is 2. The molecule has 0 bridgehead atoms. The molecule has 3 aliphatic rings. The van der Waals surface area contributed by atoms with Crippen LogP contribution >= 0.6 is 46.3 Å². The highest BCUT2D eigenvalue weighted by Gasteiger charge is 2.57. The van der Waals surface area contributed by atoms with E-state index in [2.05, 4.69) is 0 Å². The Morgan fingerprint density at radius 2 is 1.76 bits per heavy atom. The fourth-order valence-corrected chi connectivity index (χ4v) is 8.57. The Morgan fingerprint density at radius 3 is 2.44 bits per heavy atom. The first kappa shape index (κ1) is 27.9. The number of ether oxygens (including phenoxy) is 1. The molecule has 6 rings (SSSR count). The van der Waals surface area contributed by atoms with Crippen LogP contribution in [-0.2, 0) is 25.7 Å². The minimum Gasteiger partial charge on any atom is -0.378 e. The number of morpholine rings is 1. The number of nitro benzene ring substituents is 1. The van der Waals surface area contributed by atoms with Crippen molar-refractivity contribution in [1.82, 2.24) is 9.47 Å². The van der Waals surface area contributed by atoms with Gasteiger partial charge in [-0.25, -0.2) is 4.90 Å². The van der Waals surface area contributed by atoms with Crippen LogP contribution in [0.4, 0.5) is 11.4 Å². The fourth-order valence-electron chi connectivity index (χ4n) is 5.38. The summed E-state index contributed by atoms with van der Waals surface area (Å²) < 4.78 is 6.68. The zero-order valence-corrected chi connectivity index (χ0v) is 24.2. The zero-order valence-electron chi connectivity index (χ0n) is 21.0. The number of non-ortho nitro benzene ring substituents is 1. The third-order valence-electron chi connectivity index (χ3n) is 7.34. The highest BCUT2D eigenvalue weighted by Crippen LogP contribution is 2.55. The summed E-state index contributed by atoms with van der Waals surface area (Å²) in [6.07, 6.45) is 0. The smallest absolute Gasteiger partial charge is 0.308 e. The van der Waals surface area contributed by atoms with Gasteiger partial charge in [0.15, 0.2) is 0 Å². The van der Waals surface area contributed by atoms with Crippen molar-refractivity contribution in [3.63, 3.8) is 0 Å². The number of imide groups is 1. The van der Waals surface area contributed by atoms with Crippen LogP contribution in [-0.4, -0.2) is 63.7 Å². The number of benzene rings is 2. The number of carbonyl (C=O) groups excluding carboxylic acids is 3. The maximum absolute atomic E-state index is 14.0. The van der Waals surface area contributed by atoms with E-state index < -0.39 is 33.8 Å². The quantitative estimate of drug-likeness (QED) is 0.235. The summed E-state index contributed by atoms with van der Waals surface area (Å²) in [7, 11) is 0. The zero-order chi connectivity index (χ0) is 29.0. The molecule has 3 aliphatic heterocycles. The maximum Gasteiger partial charge on any atom is 0.308 e. The number of nitro groups is 1. The number of rotatable bonds is 5. The molecule has 0 aliphatic carbocycles. The van der Waals surface area contributed by atoms with Gasteiger partial charge in [0, 0.05) is 36.0 Å². The standard InChI is InChI=1S/C26H20Cl2N4O7S2/c27-16-3-1-2-15(20(16)28)18-19-21(24(35)31(23(19)34)13-4-6-14(7-5-13)32(37)38)40-25-22(18)41-26(36)30(25)12-17(33)29-8-10-39-11-9-29/h1-7,18-19,21H,8-12H2. The second-order valence-electron chi connectivity index (χ2n) is 9.59. The Hall–Kier alpha value is -3.23. The summed E-state index contributed by atoms with van der Waals surface area (Å²) in [5, 5.41) is 11.1. The topological polar surface area (TPSA) is 132 Å². The van der Waals surface area contributed by atoms with E-state index in [0.29, 0.717) is 41.8 Å². The predicted octanol–water partition coefficient (Wildman–Crippen LogP) is 3.78. The van der Waals surface area contributed by atoms with Gasteiger partial charge >= 0.3 is 4.87 Å². The van der Waals surface area contributed by atoms with E-state index in [9.17, 15) is 29.3 Å². The lowest BCUT2D eigenvalue weighted by molar-refractivity contribution is -0.384. The first-order chi connectivity index (χ1) is 19.7. The molecule has 0 saturated carbocycles. The third kappa shape index (κ3) is 4.75. The molecule has 212 valence electrons. The monoisotopic (exact) mass is 634 g/mol. The fraction of sp³-hybridized carbons (Fsp3) is 0.308. The van der Waals surface area contributed by atoms with Gasteiger partial charge in [-0.05, 0) is 23.8 Å². The summed E-state index contributed by atoms with van der Waals surface area (Å²) in [5.41, 5.74) is 0.495. The summed E-state index contributed by atoms with van der Waals surface area (Å²) in [6.45, 7) is 1.42. The van der Waals surface area contributed by atoms with Crippen LogP contribution < -0.4 is 9.77 Å². The number of nitrogens with zero attached hydrogens (tertiary/aromatic N) is 4. The highest BCUT2D eigenvalue weighted by molar-refractivity contribution is 8.00. The first-order valence-corrected chi connectivity index (χ1v) is 14.9. The van der Waals surface area contributed by atoms with Gasteiger partial charge in [0.25, 0.3) is 5.69 Å². The molecule has 3 amide bonds. The third-order valence-corrected chi connectivity index (χ3v) is 10.8. The van der Waals surface area contributed by atoms with Crippen LogP contribution in [0.15, 0.2) is 52.3 Å². The minimum atomic E-state index is -0.941. The SMILES string of the molecule is O=C(Cn1c2c(sc1=O)C(c1cccc(Cl)c1Cl)C1C(=O)N(c3ccc([N+](=O)[O-])cc3)C(=O)C1S2)N1CCOCC1. The van der Waals surface area contributed by atoms with E-state index in [-0.39, 0.29) is 38.7 Å². The Morgan fingerprint density at radius 1 is 1.05 bits per heavy atom. The largest absolute Gasteiger partial charge is 0.378 e. The molecule has 0 spiro atoms. The Balaban J connectivity index is 1.45. The molecule has 4 heterocycles. The van der Waals surface area contributed by atoms with Crippen LogP contribution in [0.3, 0.4) is 0 Å². The molecule has 15 heteroatoms. The van der Waals surface area contributed by atoms with Crippen molar-refractivity contribution in [2.24, 2.45) is 5.92 Å². The van der Waals surface area contributed by atoms with E-state index in [1.54, 1.807) is 23.1 Å². The van der Waals surface area contributed by atoms with Crippen molar-refractivity contribution in [1.29, 1.82) is 0 Å². The molecule has 2 aromatic carbocycles. The minimum absolute atomic E-state index is 0.181. The van der Waals surface area contributed by atoms with Crippen LogP contribution in [0.5, 0.6) is 0 Å². The number of thioether (sulfide) groups is 1. The molecule has 3 aromatic rings. The molecule has 3 atom stereocenters. The molecule has 41 heavy (non-hydrogen) atoms. The predicted molar refractivity (Wildman–Crippen MR) is 153 cm³/mol. The number of amides is 3. The number of thiazole rings is 1. The van der Waals surface area contributed by atoms with E-state index in [0.717, 1.165) is 28.0 Å². The van der Waals surface area contributed by atoms with Crippen molar-refractivity contribution >= 4 is 75.4 Å². The van der Waals surface area contributed by atoms with E-state index in [1.165, 1.54) is 28.8 Å². The van der Waals surface area contributed by atoms with Crippen molar-refractivity contribution in [2.75, 3.05) is 31.2 Å². The van der Waals surface area contributed by atoms with Gasteiger partial charge in [0.2, 0.25) is 17.7 Å². The average Bonchev–Trinajstić information content (AvgIpc) is 3.41. The van der Waals surface area contributed by atoms with E-state index >= 15 is 0 Å². The Kier molecular flexibility index (Phi) is 7.41. The number of hydrogen-bond donors (Lipinski definition) is 0. The summed E-state index contributed by atoms with van der Waals surface area (Å²) in [4.78, 5) is 67.5. The number of halogens is 2. The lowest BCUT2D eigenvalue weighted by atomic mass is 9.83. The van der Waals surface area contributed by atoms with E-state index in [4.69, 9.17) is 27.9 Å². The van der Waals surface area contributed by atoms with Crippen LogP contribution in [0.2, 0.25) is 10.0 Å². The second kappa shape index (κ2) is 10.9. The highest BCUT2D eigenvalue weighted by atomic mass is 35.5. The molecule has 3 unspecified atom stereocenters. The number of aromatic nitrogens is 1. The van der Waals surface area contributed by atoms with Crippen molar-refractivity contribution in [3.8, 4) is 0 Å². The maximum atomic E-state index is 14.0. The van der Waals surface area contributed by atoms with Crippen LogP contribution in [0.25, 0.3) is 0 Å². The molecule has 11 nitrogen and oxygen atoms in total. The van der Waals surface area contributed by atoms with Gasteiger partial charge in [-0.15, -0.1) is 0 Å². The molecule has 0 radical (unpaired) electrons. The van der Waals surface area contributed by atoms with Crippen LogP contribution in [0, 0.1) is 16.0 Å². The van der Waals surface area contributed by atoms with Gasteiger partial charge in [-0.1, -0.05) is 58.4 Å². The van der Waals surface area contributed by atoms with Gasteiger partial charge in [-0.2, -0.15) is 0 Å². The van der Waals surface area contributed by atoms with Gasteiger partial charge in [0.05, 0.1) is 44.8 Å². The van der Waals surface area contributed by atoms with Crippen molar-refractivity contribution in [2.45, 2.75) is 22.7 Å². The van der Waals surface area contributed by atoms with Crippen LogP contribution in [0.1, 0.15) is 16.4 Å². The number of carbonyl (C=O) groups is 3. The molecular weight excluding hydrogens is 615 g/mol. The lowest BCUT2D eigenvalue weighted by Gasteiger charge is -2.31. The second-order valence-corrected chi connectivity index (χ2v) is 12.5. The lowest BCUT2D eigenvalue weighted by Crippen LogP contribution is -2.43. The number of hydrogen-bond acceptors (Lipinski definition) is 9. The molecule has 0 N–H and O–H groups in total. The van der Waals surface area contributed by atoms with Gasteiger partial charge in [0.1, 0.15) is 11.8 Å². The van der Waals surface area contributed by atoms with Gasteiger partial charge in [-0.3, -0.25) is 33.9 Å². The summed E-state index contributed by atoms with van der Waals surface area (Å²) >= 11 is 15.0. The Bertz CT molecular complexity index is 1650. The first-order valence-electron chi connectivity index (χ1n) is 12.5. The van der Waals surface area contributed by atoms with E-state index in [1.807, 2.05) is 0 Å². The summed E-state index contributed by atoms with van der Waals surface area (Å²) in [5.74, 6) is -3.04. The normalized spacial score (nSPS) is 22.0. The number of anilines is 1. The van der Waals surface area contributed by atoms with Crippen molar-refractivity contribution < 1.29 is 24.0 Å². The molecule has 2 saturated heterocycles. The molecule has 2 fully saturated rings. The molecule has 1 aromatic heterocycles. The van der Waals surface area contributed by atoms with Gasteiger partial charge < -0.3 is 9.64 Å². The average molecular weight is 636 g/mol.